The minimum absolute atomic E-state index is 0.0898. The molecule has 0 amide bonds. The molecule has 4 nitrogen and oxygen atoms in total. The molecule has 0 unspecified atom stereocenters. The van der Waals surface area contributed by atoms with Crippen molar-refractivity contribution in [3.63, 3.8) is 0 Å². The molecule has 1 heterocycles. The summed E-state index contributed by atoms with van der Waals surface area (Å²) in [4.78, 5) is 2.42. The van der Waals surface area contributed by atoms with Crippen LogP contribution in [0.2, 0.25) is 0 Å². The van der Waals surface area contributed by atoms with Gasteiger partial charge in [0, 0.05) is 13.1 Å². The summed E-state index contributed by atoms with van der Waals surface area (Å²) in [6, 6.07) is 2.75. The van der Waals surface area contributed by atoms with Gasteiger partial charge >= 0.3 is 6.18 Å². The molecular formula is C24H35F3N2O2S. The Labute approximate surface area is 190 Å². The van der Waals surface area contributed by atoms with Crippen molar-refractivity contribution in [2.24, 2.45) is 11.8 Å². The molecule has 1 aromatic carbocycles. The van der Waals surface area contributed by atoms with Crippen LogP contribution in [0.25, 0.3) is 0 Å². The van der Waals surface area contributed by atoms with E-state index in [-0.39, 0.29) is 10.5 Å². The first-order valence-corrected chi connectivity index (χ1v) is 13.2. The molecule has 1 saturated heterocycles. The van der Waals surface area contributed by atoms with Gasteiger partial charge in [-0.25, -0.2) is 13.1 Å². The van der Waals surface area contributed by atoms with E-state index in [4.69, 9.17) is 0 Å². The Balaban J connectivity index is 1.40. The Morgan fingerprint density at radius 3 is 2.41 bits per heavy atom. The summed E-state index contributed by atoms with van der Waals surface area (Å²) < 4.78 is 66.1. The number of sulfonamides is 1. The van der Waals surface area contributed by atoms with Gasteiger partial charge in [-0.2, -0.15) is 13.2 Å². The van der Waals surface area contributed by atoms with Crippen molar-refractivity contribution in [1.82, 2.24) is 9.62 Å². The lowest BCUT2D eigenvalue weighted by Gasteiger charge is -2.28. The molecule has 0 bridgehead atoms. The second-order valence-electron chi connectivity index (χ2n) is 9.23. The minimum Gasteiger partial charge on any atom is -0.300 e. The van der Waals surface area contributed by atoms with Crippen molar-refractivity contribution in [1.29, 1.82) is 0 Å². The highest BCUT2D eigenvalue weighted by atomic mass is 32.2. The second kappa shape index (κ2) is 11.2. The van der Waals surface area contributed by atoms with E-state index in [9.17, 15) is 21.6 Å². The number of likely N-dealkylation sites (tertiary alicyclic amines) is 1. The predicted octanol–water partition coefficient (Wildman–Crippen LogP) is 5.53. The third kappa shape index (κ3) is 7.32. The standard InChI is InChI=1S/C24H35F3N2O2S/c1-19-18-22(24(25,26)27)11-12-23(19)32(30,31)28-14-13-21-9-7-20(8-10-21)6-5-17-29-15-3-2-4-16-29/h5-6,11-12,18,20-21,28H,2-4,7-10,13-17H2,1H3. The summed E-state index contributed by atoms with van der Waals surface area (Å²) in [5.74, 6) is 1.10. The van der Waals surface area contributed by atoms with E-state index in [0.717, 1.165) is 56.8 Å². The molecule has 0 spiro atoms. The number of benzene rings is 1. The quantitative estimate of drug-likeness (QED) is 0.506. The SMILES string of the molecule is Cc1cc(C(F)(F)F)ccc1S(=O)(=O)NCCC1CCC(C=CCN2CCCCC2)CC1. The van der Waals surface area contributed by atoms with Crippen molar-refractivity contribution in [3.8, 4) is 0 Å². The Morgan fingerprint density at radius 2 is 1.78 bits per heavy atom. The average molecular weight is 473 g/mol. The molecule has 0 atom stereocenters. The molecule has 2 fully saturated rings. The monoisotopic (exact) mass is 472 g/mol. The summed E-state index contributed by atoms with van der Waals surface area (Å²) in [6.45, 7) is 5.16. The highest BCUT2D eigenvalue weighted by molar-refractivity contribution is 7.89. The summed E-state index contributed by atoms with van der Waals surface area (Å²) >= 11 is 0. The number of nitrogens with one attached hydrogen (secondary N) is 1. The molecule has 1 aromatic rings. The van der Waals surface area contributed by atoms with Crippen molar-refractivity contribution in [2.75, 3.05) is 26.2 Å². The Morgan fingerprint density at radius 1 is 1.09 bits per heavy atom. The van der Waals surface area contributed by atoms with Crippen LogP contribution in [-0.4, -0.2) is 39.5 Å². The van der Waals surface area contributed by atoms with E-state index in [0.29, 0.717) is 18.4 Å². The van der Waals surface area contributed by atoms with Crippen LogP contribution >= 0.6 is 0 Å². The smallest absolute Gasteiger partial charge is 0.300 e. The lowest BCUT2D eigenvalue weighted by atomic mass is 9.80. The fraction of sp³-hybridized carbons (Fsp3) is 0.667. The lowest BCUT2D eigenvalue weighted by Crippen LogP contribution is -2.29. The van der Waals surface area contributed by atoms with Gasteiger partial charge in [-0.05, 0) is 101 Å². The molecule has 1 saturated carbocycles. The van der Waals surface area contributed by atoms with E-state index in [1.807, 2.05) is 0 Å². The number of aryl methyl sites for hydroxylation is 1. The molecule has 8 heteroatoms. The molecule has 2 aliphatic rings. The molecule has 3 rings (SSSR count). The maximum Gasteiger partial charge on any atom is 0.416 e. The Bertz CT molecular complexity index is 870. The maximum atomic E-state index is 12.8. The van der Waals surface area contributed by atoms with E-state index >= 15 is 0 Å². The normalized spacial score (nSPS) is 23.6. The average Bonchev–Trinajstić information content (AvgIpc) is 2.74. The number of halogens is 3. The minimum atomic E-state index is -4.48. The summed E-state index contributed by atoms with van der Waals surface area (Å²) in [5, 5.41) is 0. The number of rotatable bonds is 8. The van der Waals surface area contributed by atoms with Gasteiger partial charge in [0.05, 0.1) is 10.5 Å². The van der Waals surface area contributed by atoms with Gasteiger partial charge in [-0.15, -0.1) is 0 Å². The summed E-state index contributed by atoms with van der Waals surface area (Å²) in [6.07, 6.45) is 9.34. The van der Waals surface area contributed by atoms with Gasteiger partial charge in [0.25, 0.3) is 0 Å². The van der Waals surface area contributed by atoms with Gasteiger partial charge < -0.3 is 0 Å². The molecule has 0 aromatic heterocycles. The summed E-state index contributed by atoms with van der Waals surface area (Å²) in [7, 11) is -3.82. The second-order valence-corrected chi connectivity index (χ2v) is 11.0. The maximum absolute atomic E-state index is 12.8. The first-order valence-electron chi connectivity index (χ1n) is 11.7. The highest BCUT2D eigenvalue weighted by Crippen LogP contribution is 2.32. The zero-order valence-electron chi connectivity index (χ0n) is 18.8. The highest BCUT2D eigenvalue weighted by Gasteiger charge is 2.31. The van der Waals surface area contributed by atoms with Gasteiger partial charge in [-0.3, -0.25) is 4.90 Å². The molecule has 0 radical (unpaired) electrons. The third-order valence-corrected chi connectivity index (χ3v) is 8.37. The number of piperidine rings is 1. The summed E-state index contributed by atoms with van der Waals surface area (Å²) in [5.41, 5.74) is -0.736. The Hall–Kier alpha value is -1.38. The largest absolute Gasteiger partial charge is 0.416 e. The van der Waals surface area contributed by atoms with E-state index in [1.54, 1.807) is 0 Å². The van der Waals surface area contributed by atoms with Gasteiger partial charge in [-0.1, -0.05) is 18.6 Å². The van der Waals surface area contributed by atoms with E-state index in [2.05, 4.69) is 21.8 Å². The number of nitrogens with zero attached hydrogens (tertiary/aromatic N) is 1. The van der Waals surface area contributed by atoms with E-state index < -0.39 is 21.8 Å². The van der Waals surface area contributed by atoms with Crippen molar-refractivity contribution in [2.45, 2.75) is 69.4 Å². The van der Waals surface area contributed by atoms with Crippen molar-refractivity contribution >= 4 is 10.0 Å². The first-order chi connectivity index (χ1) is 15.1. The van der Waals surface area contributed by atoms with Crippen LogP contribution in [-0.2, 0) is 16.2 Å². The Kier molecular flexibility index (Phi) is 8.81. The number of allylic oxidation sites excluding steroid dienone is 1. The molecular weight excluding hydrogens is 437 g/mol. The van der Waals surface area contributed by atoms with Crippen LogP contribution in [0.4, 0.5) is 13.2 Å². The first kappa shape index (κ1) is 25.2. The van der Waals surface area contributed by atoms with Crippen LogP contribution < -0.4 is 4.72 Å². The van der Waals surface area contributed by atoms with Gasteiger partial charge in [0.15, 0.2) is 0 Å². The zero-order chi connectivity index (χ0) is 23.2. The van der Waals surface area contributed by atoms with Crippen LogP contribution in [0, 0.1) is 18.8 Å². The predicted molar refractivity (Wildman–Crippen MR) is 121 cm³/mol. The van der Waals surface area contributed by atoms with Gasteiger partial charge in [0.2, 0.25) is 10.0 Å². The number of alkyl halides is 3. The van der Waals surface area contributed by atoms with Crippen molar-refractivity contribution in [3.05, 3.63) is 41.5 Å². The zero-order valence-corrected chi connectivity index (χ0v) is 19.6. The molecule has 1 aliphatic heterocycles. The number of hydrogen-bond acceptors (Lipinski definition) is 3. The van der Waals surface area contributed by atoms with Crippen molar-refractivity contribution < 1.29 is 21.6 Å². The fourth-order valence-corrected chi connectivity index (χ4v) is 6.09. The lowest BCUT2D eigenvalue weighted by molar-refractivity contribution is -0.137. The molecule has 1 N–H and O–H groups in total. The molecule has 180 valence electrons. The van der Waals surface area contributed by atoms with Crippen LogP contribution in [0.15, 0.2) is 35.2 Å². The van der Waals surface area contributed by atoms with Crippen LogP contribution in [0.1, 0.15) is 62.5 Å². The van der Waals surface area contributed by atoms with E-state index in [1.165, 1.54) is 39.3 Å². The molecule has 32 heavy (non-hydrogen) atoms. The van der Waals surface area contributed by atoms with Crippen LogP contribution in [0.5, 0.6) is 0 Å². The molecule has 1 aliphatic carbocycles. The third-order valence-electron chi connectivity index (χ3n) is 6.75. The van der Waals surface area contributed by atoms with Crippen LogP contribution in [0.3, 0.4) is 0 Å². The van der Waals surface area contributed by atoms with Gasteiger partial charge in [0.1, 0.15) is 0 Å². The topological polar surface area (TPSA) is 49.4 Å². The number of hydrogen-bond donors (Lipinski definition) is 1. The fourth-order valence-electron chi connectivity index (χ4n) is 4.82.